The van der Waals surface area contributed by atoms with E-state index in [1.54, 1.807) is 6.92 Å². The normalized spacial score (nSPS) is 31.4. The Morgan fingerprint density at radius 2 is 2.08 bits per heavy atom. The van der Waals surface area contributed by atoms with E-state index >= 15 is 0 Å². The number of carbonyl (C=O) groups is 1. The molecule has 0 radical (unpaired) electrons. The second-order valence-electron chi connectivity index (χ2n) is 3.51. The van der Waals surface area contributed by atoms with Gasteiger partial charge < -0.3 is 9.64 Å². The summed E-state index contributed by atoms with van der Waals surface area (Å²) in [6, 6.07) is 0. The SMILES string of the molecule is CC(=O)N1CCC(C)OC(C)C1. The summed E-state index contributed by atoms with van der Waals surface area (Å²) in [5.41, 5.74) is 0. The maximum Gasteiger partial charge on any atom is 0.219 e. The molecule has 0 bridgehead atoms. The highest BCUT2D eigenvalue weighted by atomic mass is 16.5. The molecular formula is C9H17NO2. The van der Waals surface area contributed by atoms with Gasteiger partial charge in [-0.15, -0.1) is 0 Å². The van der Waals surface area contributed by atoms with E-state index in [0.29, 0.717) is 0 Å². The molecule has 3 nitrogen and oxygen atoms in total. The minimum atomic E-state index is 0.152. The molecule has 1 heterocycles. The monoisotopic (exact) mass is 171 g/mol. The van der Waals surface area contributed by atoms with Crippen molar-refractivity contribution in [2.75, 3.05) is 13.1 Å². The summed E-state index contributed by atoms with van der Waals surface area (Å²) in [7, 11) is 0. The Morgan fingerprint density at radius 3 is 2.67 bits per heavy atom. The zero-order valence-electron chi connectivity index (χ0n) is 8.04. The smallest absolute Gasteiger partial charge is 0.219 e. The lowest BCUT2D eigenvalue weighted by Crippen LogP contribution is -2.34. The van der Waals surface area contributed by atoms with Crippen molar-refractivity contribution >= 4 is 5.91 Å². The highest BCUT2D eigenvalue weighted by molar-refractivity contribution is 5.73. The van der Waals surface area contributed by atoms with Crippen LogP contribution in [0, 0.1) is 0 Å². The van der Waals surface area contributed by atoms with E-state index < -0.39 is 0 Å². The molecule has 1 aliphatic heterocycles. The molecule has 0 aromatic carbocycles. The molecule has 12 heavy (non-hydrogen) atoms. The van der Waals surface area contributed by atoms with Gasteiger partial charge in [-0.25, -0.2) is 0 Å². The van der Waals surface area contributed by atoms with Gasteiger partial charge in [0.1, 0.15) is 0 Å². The van der Waals surface area contributed by atoms with Gasteiger partial charge >= 0.3 is 0 Å². The molecule has 0 N–H and O–H groups in total. The van der Waals surface area contributed by atoms with E-state index in [9.17, 15) is 4.79 Å². The van der Waals surface area contributed by atoms with E-state index in [-0.39, 0.29) is 18.1 Å². The fourth-order valence-corrected chi connectivity index (χ4v) is 1.53. The van der Waals surface area contributed by atoms with Crippen molar-refractivity contribution in [1.82, 2.24) is 4.90 Å². The van der Waals surface area contributed by atoms with Crippen LogP contribution in [-0.2, 0) is 9.53 Å². The number of ether oxygens (including phenoxy) is 1. The van der Waals surface area contributed by atoms with E-state index in [4.69, 9.17) is 4.74 Å². The highest BCUT2D eigenvalue weighted by Gasteiger charge is 2.20. The van der Waals surface area contributed by atoms with Gasteiger partial charge in [-0.1, -0.05) is 0 Å². The fourth-order valence-electron chi connectivity index (χ4n) is 1.53. The first-order valence-electron chi connectivity index (χ1n) is 4.50. The Labute approximate surface area is 73.7 Å². The van der Waals surface area contributed by atoms with Crippen LogP contribution in [0.5, 0.6) is 0 Å². The lowest BCUT2D eigenvalue weighted by molar-refractivity contribution is -0.129. The average molecular weight is 171 g/mol. The predicted molar refractivity (Wildman–Crippen MR) is 46.9 cm³/mol. The number of rotatable bonds is 0. The summed E-state index contributed by atoms with van der Waals surface area (Å²) in [4.78, 5) is 12.9. The number of hydrogen-bond donors (Lipinski definition) is 0. The third kappa shape index (κ3) is 2.48. The molecule has 2 unspecified atom stereocenters. The molecule has 0 aromatic rings. The summed E-state index contributed by atoms with van der Waals surface area (Å²) >= 11 is 0. The standard InChI is InChI=1S/C9H17NO2/c1-7-4-5-10(9(3)11)6-8(2)12-7/h7-8H,4-6H2,1-3H3. The first-order valence-corrected chi connectivity index (χ1v) is 4.50. The van der Waals surface area contributed by atoms with Gasteiger partial charge in [-0.05, 0) is 20.3 Å². The van der Waals surface area contributed by atoms with Crippen molar-refractivity contribution in [1.29, 1.82) is 0 Å². The molecule has 1 fully saturated rings. The van der Waals surface area contributed by atoms with Crippen LogP contribution in [0.2, 0.25) is 0 Å². The zero-order valence-corrected chi connectivity index (χ0v) is 8.04. The number of nitrogens with zero attached hydrogens (tertiary/aromatic N) is 1. The molecule has 3 heteroatoms. The molecule has 1 amide bonds. The van der Waals surface area contributed by atoms with Crippen LogP contribution in [0.1, 0.15) is 27.2 Å². The van der Waals surface area contributed by atoms with Crippen molar-refractivity contribution in [2.24, 2.45) is 0 Å². The maximum absolute atomic E-state index is 11.1. The minimum absolute atomic E-state index is 0.152. The van der Waals surface area contributed by atoms with Gasteiger partial charge in [0.2, 0.25) is 5.91 Å². The summed E-state index contributed by atoms with van der Waals surface area (Å²) in [5, 5.41) is 0. The van der Waals surface area contributed by atoms with Gasteiger partial charge in [0.25, 0.3) is 0 Å². The molecular weight excluding hydrogens is 154 g/mol. The van der Waals surface area contributed by atoms with Crippen LogP contribution in [-0.4, -0.2) is 36.1 Å². The van der Waals surface area contributed by atoms with Crippen LogP contribution in [0.4, 0.5) is 0 Å². The van der Waals surface area contributed by atoms with Gasteiger partial charge in [-0.3, -0.25) is 4.79 Å². The van der Waals surface area contributed by atoms with Crippen molar-refractivity contribution in [3.8, 4) is 0 Å². The lowest BCUT2D eigenvalue weighted by Gasteiger charge is -2.19. The lowest BCUT2D eigenvalue weighted by atomic mass is 10.3. The largest absolute Gasteiger partial charge is 0.374 e. The van der Waals surface area contributed by atoms with Crippen LogP contribution in [0.25, 0.3) is 0 Å². The van der Waals surface area contributed by atoms with Crippen molar-refractivity contribution in [3.05, 3.63) is 0 Å². The maximum atomic E-state index is 11.1. The van der Waals surface area contributed by atoms with E-state index in [1.807, 2.05) is 11.8 Å². The molecule has 70 valence electrons. The quantitative estimate of drug-likeness (QED) is 0.545. The number of carbonyl (C=O) groups excluding carboxylic acids is 1. The van der Waals surface area contributed by atoms with Crippen LogP contribution in [0.3, 0.4) is 0 Å². The Kier molecular flexibility index (Phi) is 3.09. The zero-order chi connectivity index (χ0) is 9.14. The van der Waals surface area contributed by atoms with E-state index in [2.05, 4.69) is 6.92 Å². The molecule has 0 spiro atoms. The minimum Gasteiger partial charge on any atom is -0.374 e. The summed E-state index contributed by atoms with van der Waals surface area (Å²) < 4.78 is 5.60. The molecule has 1 saturated heterocycles. The summed E-state index contributed by atoms with van der Waals surface area (Å²) in [5.74, 6) is 0.152. The van der Waals surface area contributed by atoms with Crippen molar-refractivity contribution in [2.45, 2.75) is 39.4 Å². The molecule has 0 aliphatic carbocycles. The molecule has 1 aliphatic rings. The Hall–Kier alpha value is -0.570. The molecule has 1 rings (SSSR count). The Bertz CT molecular complexity index is 170. The van der Waals surface area contributed by atoms with Gasteiger partial charge in [-0.2, -0.15) is 0 Å². The third-order valence-corrected chi connectivity index (χ3v) is 2.19. The molecule has 0 aromatic heterocycles. The van der Waals surface area contributed by atoms with E-state index in [0.717, 1.165) is 19.5 Å². The van der Waals surface area contributed by atoms with Gasteiger partial charge in [0, 0.05) is 20.0 Å². The summed E-state index contributed by atoms with van der Waals surface area (Å²) in [6.07, 6.45) is 1.40. The number of amides is 1. The second kappa shape index (κ2) is 3.90. The summed E-state index contributed by atoms with van der Waals surface area (Å²) in [6.45, 7) is 7.25. The van der Waals surface area contributed by atoms with Crippen molar-refractivity contribution < 1.29 is 9.53 Å². The first kappa shape index (κ1) is 9.52. The Morgan fingerprint density at radius 1 is 1.42 bits per heavy atom. The Balaban J connectivity index is 2.52. The molecule has 0 saturated carbocycles. The van der Waals surface area contributed by atoms with E-state index in [1.165, 1.54) is 0 Å². The average Bonchev–Trinajstić information content (AvgIpc) is 2.11. The van der Waals surface area contributed by atoms with Crippen molar-refractivity contribution in [3.63, 3.8) is 0 Å². The second-order valence-corrected chi connectivity index (χ2v) is 3.51. The topological polar surface area (TPSA) is 29.5 Å². The first-order chi connectivity index (χ1) is 5.59. The molecule has 2 atom stereocenters. The van der Waals surface area contributed by atoms with Gasteiger partial charge in [0.15, 0.2) is 0 Å². The van der Waals surface area contributed by atoms with Crippen LogP contribution >= 0.6 is 0 Å². The predicted octanol–water partition coefficient (Wildman–Crippen LogP) is 1.03. The third-order valence-electron chi connectivity index (χ3n) is 2.19. The van der Waals surface area contributed by atoms with Gasteiger partial charge in [0.05, 0.1) is 12.2 Å². The highest BCUT2D eigenvalue weighted by Crippen LogP contribution is 2.10. The van der Waals surface area contributed by atoms with Crippen LogP contribution < -0.4 is 0 Å². The fraction of sp³-hybridized carbons (Fsp3) is 0.889. The van der Waals surface area contributed by atoms with Crippen LogP contribution in [0.15, 0.2) is 0 Å². The number of hydrogen-bond acceptors (Lipinski definition) is 2.